The van der Waals surface area contributed by atoms with Gasteiger partial charge in [-0.3, -0.25) is 0 Å². The minimum Gasteiger partial charge on any atom is -0.445 e. The second-order valence-electron chi connectivity index (χ2n) is 4.71. The minimum atomic E-state index is -0.611. The van der Waals surface area contributed by atoms with Gasteiger partial charge in [-0.25, -0.2) is 4.79 Å². The van der Waals surface area contributed by atoms with Gasteiger partial charge in [-0.1, -0.05) is 30.3 Å². The van der Waals surface area contributed by atoms with Gasteiger partial charge in [0.25, 0.3) is 0 Å². The van der Waals surface area contributed by atoms with E-state index in [0.29, 0.717) is 12.8 Å². The van der Waals surface area contributed by atoms with E-state index in [1.807, 2.05) is 30.3 Å². The molecule has 5 heteroatoms. The van der Waals surface area contributed by atoms with Crippen LogP contribution in [0, 0.1) is 16.7 Å². The molecule has 1 atom stereocenters. The molecule has 0 radical (unpaired) electrons. The summed E-state index contributed by atoms with van der Waals surface area (Å²) in [7, 11) is 0. The zero-order chi connectivity index (χ0) is 13.7. The van der Waals surface area contributed by atoms with Crippen molar-refractivity contribution in [3.05, 3.63) is 35.9 Å². The van der Waals surface area contributed by atoms with E-state index in [1.165, 1.54) is 0 Å². The fourth-order valence-electron chi connectivity index (χ4n) is 1.94. The second-order valence-corrected chi connectivity index (χ2v) is 4.71. The highest BCUT2D eigenvalue weighted by molar-refractivity contribution is 5.68. The van der Waals surface area contributed by atoms with Gasteiger partial charge < -0.3 is 15.2 Å². The number of nitriles is 1. The lowest BCUT2D eigenvalue weighted by Gasteiger charge is -2.20. The van der Waals surface area contributed by atoms with Crippen molar-refractivity contribution >= 4 is 6.09 Å². The number of carbonyl (C=O) groups is 1. The highest BCUT2D eigenvalue weighted by Crippen LogP contribution is 2.47. The number of benzene rings is 1. The third kappa shape index (κ3) is 3.24. The smallest absolute Gasteiger partial charge is 0.407 e. The van der Waals surface area contributed by atoms with Crippen molar-refractivity contribution in [1.29, 1.82) is 5.26 Å². The standard InChI is InChI=1S/C14H16N2O3/c15-10-14(6-7-14)12(8-17)16-13(18)19-9-11-4-2-1-3-5-11/h1-5,12,17H,6-9H2,(H,16,18). The predicted octanol–water partition coefficient (Wildman–Crippen LogP) is 1.58. The summed E-state index contributed by atoms with van der Waals surface area (Å²) in [5.41, 5.74) is 0.278. The van der Waals surface area contributed by atoms with Crippen LogP contribution in [0.25, 0.3) is 0 Å². The Morgan fingerprint density at radius 2 is 2.16 bits per heavy atom. The van der Waals surface area contributed by atoms with Crippen LogP contribution in [0.3, 0.4) is 0 Å². The molecule has 1 aromatic rings. The summed E-state index contributed by atoms with van der Waals surface area (Å²) in [6.07, 6.45) is 0.797. The molecule has 1 aliphatic carbocycles. The van der Waals surface area contributed by atoms with Crippen molar-refractivity contribution in [2.45, 2.75) is 25.5 Å². The number of amides is 1. The molecule has 0 aromatic heterocycles. The molecule has 2 rings (SSSR count). The number of carbonyl (C=O) groups excluding carboxylic acids is 1. The average Bonchev–Trinajstić information content (AvgIpc) is 3.24. The molecule has 1 unspecified atom stereocenters. The molecular formula is C14H16N2O3. The van der Waals surface area contributed by atoms with Crippen LogP contribution in [0.15, 0.2) is 30.3 Å². The molecule has 2 N–H and O–H groups in total. The Kier molecular flexibility index (Phi) is 4.03. The first kappa shape index (κ1) is 13.4. The van der Waals surface area contributed by atoms with Crippen molar-refractivity contribution in [2.75, 3.05) is 6.61 Å². The van der Waals surface area contributed by atoms with Gasteiger partial charge >= 0.3 is 6.09 Å². The van der Waals surface area contributed by atoms with Crippen LogP contribution in [0.2, 0.25) is 0 Å². The third-order valence-electron chi connectivity index (χ3n) is 3.37. The molecule has 100 valence electrons. The number of hydrogen-bond donors (Lipinski definition) is 2. The lowest BCUT2D eigenvalue weighted by Crippen LogP contribution is -2.43. The van der Waals surface area contributed by atoms with Gasteiger partial charge in [-0.05, 0) is 18.4 Å². The molecule has 0 bridgehead atoms. The van der Waals surface area contributed by atoms with E-state index in [4.69, 9.17) is 10.00 Å². The Balaban J connectivity index is 1.83. The van der Waals surface area contributed by atoms with E-state index in [2.05, 4.69) is 11.4 Å². The Morgan fingerprint density at radius 3 is 2.68 bits per heavy atom. The summed E-state index contributed by atoms with van der Waals surface area (Å²) in [4.78, 5) is 11.6. The number of rotatable bonds is 5. The quantitative estimate of drug-likeness (QED) is 0.842. The summed E-state index contributed by atoms with van der Waals surface area (Å²) in [5.74, 6) is 0. The SMILES string of the molecule is N#CC1(C(CO)NC(=O)OCc2ccccc2)CC1. The number of nitrogens with one attached hydrogen (secondary N) is 1. The molecule has 1 saturated carbocycles. The Labute approximate surface area is 111 Å². The molecule has 0 spiro atoms. The van der Waals surface area contributed by atoms with Crippen molar-refractivity contribution in [3.63, 3.8) is 0 Å². The van der Waals surface area contributed by atoms with Crippen molar-refractivity contribution in [1.82, 2.24) is 5.32 Å². The molecule has 0 heterocycles. The normalized spacial score (nSPS) is 17.1. The zero-order valence-electron chi connectivity index (χ0n) is 10.5. The summed E-state index contributed by atoms with van der Waals surface area (Å²) >= 11 is 0. The fourth-order valence-corrected chi connectivity index (χ4v) is 1.94. The highest BCUT2D eigenvalue weighted by atomic mass is 16.5. The number of hydrogen-bond acceptors (Lipinski definition) is 4. The number of ether oxygens (including phenoxy) is 1. The second kappa shape index (κ2) is 5.72. The van der Waals surface area contributed by atoms with E-state index in [9.17, 15) is 9.90 Å². The Morgan fingerprint density at radius 1 is 1.47 bits per heavy atom. The predicted molar refractivity (Wildman–Crippen MR) is 67.9 cm³/mol. The van der Waals surface area contributed by atoms with Gasteiger partial charge in [0.15, 0.2) is 0 Å². The minimum absolute atomic E-state index is 0.171. The molecule has 1 fully saturated rings. The average molecular weight is 260 g/mol. The number of alkyl carbamates (subject to hydrolysis) is 1. The van der Waals surface area contributed by atoms with Crippen molar-refractivity contribution in [2.24, 2.45) is 5.41 Å². The topological polar surface area (TPSA) is 82.4 Å². The summed E-state index contributed by atoms with van der Waals surface area (Å²) in [6.45, 7) is -0.0849. The number of aliphatic hydroxyl groups is 1. The fraction of sp³-hybridized carbons (Fsp3) is 0.429. The molecule has 1 aliphatic rings. The number of aliphatic hydroxyl groups excluding tert-OH is 1. The molecule has 1 amide bonds. The van der Waals surface area contributed by atoms with Crippen LogP contribution in [0.5, 0.6) is 0 Å². The largest absolute Gasteiger partial charge is 0.445 e. The zero-order valence-corrected chi connectivity index (χ0v) is 10.5. The summed E-state index contributed by atoms with van der Waals surface area (Å²) in [6, 6.07) is 10.9. The van der Waals surface area contributed by atoms with Gasteiger partial charge in [-0.15, -0.1) is 0 Å². The summed E-state index contributed by atoms with van der Waals surface area (Å²) in [5, 5.41) is 20.8. The van der Waals surface area contributed by atoms with Crippen LogP contribution < -0.4 is 5.32 Å². The third-order valence-corrected chi connectivity index (χ3v) is 3.37. The van der Waals surface area contributed by atoms with E-state index in [1.54, 1.807) is 0 Å². The number of nitrogens with zero attached hydrogens (tertiary/aromatic N) is 1. The van der Waals surface area contributed by atoms with Crippen LogP contribution >= 0.6 is 0 Å². The van der Waals surface area contributed by atoms with E-state index >= 15 is 0 Å². The molecule has 1 aromatic carbocycles. The molecule has 5 nitrogen and oxygen atoms in total. The molecular weight excluding hydrogens is 244 g/mol. The van der Waals surface area contributed by atoms with Gasteiger partial charge in [0.05, 0.1) is 24.1 Å². The maximum absolute atomic E-state index is 11.6. The maximum atomic E-state index is 11.6. The van der Waals surface area contributed by atoms with E-state index in [0.717, 1.165) is 5.56 Å². The van der Waals surface area contributed by atoms with Crippen LogP contribution in [-0.2, 0) is 11.3 Å². The van der Waals surface area contributed by atoms with Gasteiger partial charge in [0.1, 0.15) is 6.61 Å². The summed E-state index contributed by atoms with van der Waals surface area (Å²) < 4.78 is 5.06. The maximum Gasteiger partial charge on any atom is 0.407 e. The Hall–Kier alpha value is -2.06. The van der Waals surface area contributed by atoms with Crippen LogP contribution in [0.4, 0.5) is 4.79 Å². The molecule has 0 aliphatic heterocycles. The van der Waals surface area contributed by atoms with Crippen LogP contribution in [0.1, 0.15) is 18.4 Å². The first-order valence-electron chi connectivity index (χ1n) is 6.19. The lowest BCUT2D eigenvalue weighted by atomic mass is 9.99. The van der Waals surface area contributed by atoms with Crippen LogP contribution in [-0.4, -0.2) is 23.8 Å². The highest BCUT2D eigenvalue weighted by Gasteiger charge is 2.50. The Bertz CT molecular complexity index is 477. The van der Waals surface area contributed by atoms with Crippen molar-refractivity contribution < 1.29 is 14.6 Å². The first-order valence-corrected chi connectivity index (χ1v) is 6.19. The first-order chi connectivity index (χ1) is 9.20. The monoisotopic (exact) mass is 260 g/mol. The van der Waals surface area contributed by atoms with Crippen molar-refractivity contribution in [3.8, 4) is 6.07 Å². The van der Waals surface area contributed by atoms with Gasteiger partial charge in [0.2, 0.25) is 0 Å². The lowest BCUT2D eigenvalue weighted by molar-refractivity contribution is 0.123. The van der Waals surface area contributed by atoms with E-state index < -0.39 is 17.6 Å². The van der Waals surface area contributed by atoms with Gasteiger partial charge in [-0.2, -0.15) is 5.26 Å². The molecule has 19 heavy (non-hydrogen) atoms. The van der Waals surface area contributed by atoms with Gasteiger partial charge in [0, 0.05) is 0 Å². The van der Waals surface area contributed by atoms with E-state index in [-0.39, 0.29) is 13.2 Å². The molecule has 0 saturated heterocycles.